The molecule has 3 rings (SSSR count). The Hall–Kier alpha value is -1.13. The van der Waals surface area contributed by atoms with Crippen molar-refractivity contribution in [3.8, 4) is 5.69 Å². The number of hydrogen-bond donors (Lipinski definition) is 1. The molecule has 0 fully saturated rings. The molecule has 4 heteroatoms. The molecule has 1 heterocycles. The minimum atomic E-state index is -0.422. The Labute approximate surface area is 120 Å². The van der Waals surface area contributed by atoms with Crippen molar-refractivity contribution in [1.29, 1.82) is 0 Å². The summed E-state index contributed by atoms with van der Waals surface area (Å²) in [6.45, 7) is 1.95. The normalized spacial score (nSPS) is 18.4. The second-order valence-electron chi connectivity index (χ2n) is 5.00. The van der Waals surface area contributed by atoms with Crippen molar-refractivity contribution in [2.45, 2.75) is 32.3 Å². The summed E-state index contributed by atoms with van der Waals surface area (Å²) in [5.74, 6) is -0.254. The maximum absolute atomic E-state index is 14.1. The lowest BCUT2D eigenvalue weighted by molar-refractivity contribution is 0.156. The highest BCUT2D eigenvalue weighted by Crippen LogP contribution is 2.36. The van der Waals surface area contributed by atoms with Crippen molar-refractivity contribution in [3.63, 3.8) is 0 Å². The summed E-state index contributed by atoms with van der Waals surface area (Å²) in [6, 6.07) is 6.95. The zero-order chi connectivity index (χ0) is 13.6. The predicted octanol–water partition coefficient (Wildman–Crippen LogP) is 4.06. The molecule has 100 valence electrons. The summed E-state index contributed by atoms with van der Waals surface area (Å²) < 4.78 is 16.8. The van der Waals surface area contributed by atoms with Gasteiger partial charge in [-0.3, -0.25) is 0 Å². The van der Waals surface area contributed by atoms with Crippen molar-refractivity contribution in [1.82, 2.24) is 4.57 Å². The molecule has 1 N–H and O–H groups in total. The van der Waals surface area contributed by atoms with E-state index in [1.807, 2.05) is 23.6 Å². The monoisotopic (exact) mass is 323 g/mol. The molecule has 1 atom stereocenters. The number of aliphatic hydroxyl groups excluding tert-OH is 1. The first-order valence-corrected chi connectivity index (χ1v) is 7.22. The number of aliphatic hydroxyl groups is 1. The van der Waals surface area contributed by atoms with E-state index in [4.69, 9.17) is 0 Å². The number of aromatic nitrogens is 1. The standard InChI is InChI=1S/C15H15BrFNO/c1-9-8-10-13(6-3-7-14(10)19)18(9)15-11(16)4-2-5-12(15)17/h2,4-5,8,14,19H,3,6-7H2,1H3. The Morgan fingerprint density at radius 3 is 2.95 bits per heavy atom. The van der Waals surface area contributed by atoms with Crippen LogP contribution >= 0.6 is 15.9 Å². The summed E-state index contributed by atoms with van der Waals surface area (Å²) in [7, 11) is 0. The van der Waals surface area contributed by atoms with Crippen molar-refractivity contribution in [2.24, 2.45) is 0 Å². The first-order chi connectivity index (χ1) is 9.09. The number of rotatable bonds is 1. The molecule has 2 aromatic rings. The Bertz CT molecular complexity index is 615. The maximum Gasteiger partial charge on any atom is 0.148 e. The van der Waals surface area contributed by atoms with Gasteiger partial charge in [-0.15, -0.1) is 0 Å². The van der Waals surface area contributed by atoms with Crippen LogP contribution in [0.1, 0.15) is 35.9 Å². The van der Waals surface area contributed by atoms with Gasteiger partial charge >= 0.3 is 0 Å². The molecule has 1 aliphatic carbocycles. The SMILES string of the molecule is Cc1cc2c(n1-c1c(F)cccc1Br)CCCC2O. The number of aryl methyl sites for hydroxylation is 1. The first kappa shape index (κ1) is 12.9. The van der Waals surface area contributed by atoms with Gasteiger partial charge in [0.1, 0.15) is 5.82 Å². The lowest BCUT2D eigenvalue weighted by Gasteiger charge is -2.21. The van der Waals surface area contributed by atoms with Crippen LogP contribution in [0.15, 0.2) is 28.7 Å². The largest absolute Gasteiger partial charge is 0.388 e. The van der Waals surface area contributed by atoms with E-state index in [9.17, 15) is 9.50 Å². The van der Waals surface area contributed by atoms with E-state index in [1.165, 1.54) is 6.07 Å². The van der Waals surface area contributed by atoms with Crippen LogP contribution in [0.4, 0.5) is 4.39 Å². The number of para-hydroxylation sites is 1. The fourth-order valence-electron chi connectivity index (χ4n) is 2.89. The van der Waals surface area contributed by atoms with E-state index in [0.29, 0.717) is 5.69 Å². The van der Waals surface area contributed by atoms with Crippen molar-refractivity contribution >= 4 is 15.9 Å². The molecule has 0 amide bonds. The zero-order valence-electron chi connectivity index (χ0n) is 10.7. The summed E-state index contributed by atoms with van der Waals surface area (Å²) in [6.07, 6.45) is 2.17. The van der Waals surface area contributed by atoms with E-state index in [-0.39, 0.29) is 5.82 Å². The summed E-state index contributed by atoms with van der Waals surface area (Å²) in [4.78, 5) is 0. The van der Waals surface area contributed by atoms with Gasteiger partial charge in [0.2, 0.25) is 0 Å². The lowest BCUT2D eigenvalue weighted by atomic mass is 9.95. The third-order valence-corrected chi connectivity index (χ3v) is 4.37. The average Bonchev–Trinajstić information content (AvgIpc) is 2.68. The van der Waals surface area contributed by atoms with Crippen LogP contribution in [-0.2, 0) is 6.42 Å². The van der Waals surface area contributed by atoms with E-state index in [1.54, 1.807) is 6.07 Å². The molecule has 0 saturated heterocycles. The molecular weight excluding hydrogens is 309 g/mol. The summed E-state index contributed by atoms with van der Waals surface area (Å²) in [5.41, 5.74) is 3.47. The number of hydrogen-bond acceptors (Lipinski definition) is 1. The molecule has 1 unspecified atom stereocenters. The quantitative estimate of drug-likeness (QED) is 0.841. The molecule has 0 bridgehead atoms. The Morgan fingerprint density at radius 2 is 2.21 bits per heavy atom. The number of fused-ring (bicyclic) bond motifs is 1. The number of halogens is 2. The molecule has 0 spiro atoms. The molecule has 0 saturated carbocycles. The van der Waals surface area contributed by atoms with Crippen LogP contribution in [0.25, 0.3) is 5.69 Å². The lowest BCUT2D eigenvalue weighted by Crippen LogP contribution is -2.12. The van der Waals surface area contributed by atoms with Gasteiger partial charge in [-0.05, 0) is 60.3 Å². The van der Waals surface area contributed by atoms with Crippen molar-refractivity contribution in [3.05, 3.63) is 51.5 Å². The smallest absolute Gasteiger partial charge is 0.148 e. The first-order valence-electron chi connectivity index (χ1n) is 6.43. The minimum absolute atomic E-state index is 0.254. The van der Waals surface area contributed by atoms with Crippen LogP contribution in [-0.4, -0.2) is 9.67 Å². The average molecular weight is 324 g/mol. The summed E-state index contributed by atoms with van der Waals surface area (Å²) in [5, 5.41) is 10.1. The van der Waals surface area contributed by atoms with Crippen LogP contribution in [0.5, 0.6) is 0 Å². The fraction of sp³-hybridized carbons (Fsp3) is 0.333. The van der Waals surface area contributed by atoms with Crippen molar-refractivity contribution < 1.29 is 9.50 Å². The number of nitrogens with zero attached hydrogens (tertiary/aromatic N) is 1. The van der Waals surface area contributed by atoms with Gasteiger partial charge in [0.15, 0.2) is 0 Å². The van der Waals surface area contributed by atoms with E-state index in [2.05, 4.69) is 15.9 Å². The van der Waals surface area contributed by atoms with E-state index < -0.39 is 6.10 Å². The highest BCUT2D eigenvalue weighted by Gasteiger charge is 2.25. The third kappa shape index (κ3) is 2.03. The molecule has 1 aliphatic rings. The molecule has 2 nitrogen and oxygen atoms in total. The van der Waals surface area contributed by atoms with E-state index >= 15 is 0 Å². The summed E-state index contributed by atoms with van der Waals surface area (Å²) >= 11 is 3.42. The molecule has 19 heavy (non-hydrogen) atoms. The molecule has 0 aliphatic heterocycles. The Balaban J connectivity index is 2.26. The van der Waals surface area contributed by atoms with Gasteiger partial charge in [-0.1, -0.05) is 6.07 Å². The van der Waals surface area contributed by atoms with Gasteiger partial charge in [0.25, 0.3) is 0 Å². The second-order valence-corrected chi connectivity index (χ2v) is 5.86. The Morgan fingerprint density at radius 1 is 1.42 bits per heavy atom. The van der Waals surface area contributed by atoms with Crippen LogP contribution in [0.3, 0.4) is 0 Å². The topological polar surface area (TPSA) is 25.2 Å². The highest BCUT2D eigenvalue weighted by molar-refractivity contribution is 9.10. The van der Waals surface area contributed by atoms with Gasteiger partial charge in [-0.2, -0.15) is 0 Å². The molecule has 0 radical (unpaired) electrons. The molecule has 1 aromatic heterocycles. The maximum atomic E-state index is 14.1. The number of benzene rings is 1. The van der Waals surface area contributed by atoms with Crippen LogP contribution in [0, 0.1) is 12.7 Å². The zero-order valence-corrected chi connectivity index (χ0v) is 12.2. The predicted molar refractivity (Wildman–Crippen MR) is 76.1 cm³/mol. The van der Waals surface area contributed by atoms with E-state index in [0.717, 1.165) is 40.7 Å². The van der Waals surface area contributed by atoms with Gasteiger partial charge < -0.3 is 9.67 Å². The van der Waals surface area contributed by atoms with Crippen LogP contribution < -0.4 is 0 Å². The van der Waals surface area contributed by atoms with Gasteiger partial charge in [0.05, 0.1) is 11.8 Å². The second kappa shape index (κ2) is 4.76. The van der Waals surface area contributed by atoms with Gasteiger partial charge in [-0.25, -0.2) is 4.39 Å². The fourth-order valence-corrected chi connectivity index (χ4v) is 3.41. The van der Waals surface area contributed by atoms with Crippen LogP contribution in [0.2, 0.25) is 0 Å². The third-order valence-electron chi connectivity index (χ3n) is 3.73. The highest BCUT2D eigenvalue weighted by atomic mass is 79.9. The minimum Gasteiger partial charge on any atom is -0.388 e. The van der Waals surface area contributed by atoms with Crippen molar-refractivity contribution in [2.75, 3.05) is 0 Å². The molecular formula is C15H15BrFNO. The van der Waals surface area contributed by atoms with Gasteiger partial charge in [0, 0.05) is 21.4 Å². The molecule has 1 aromatic carbocycles. The Kier molecular flexibility index (Phi) is 3.23.